The maximum atomic E-state index is 9.26. The highest BCUT2D eigenvalue weighted by molar-refractivity contribution is 7.11. The lowest BCUT2D eigenvalue weighted by atomic mass is 10.1. The zero-order chi connectivity index (χ0) is 9.14. The van der Waals surface area contributed by atoms with E-state index in [2.05, 4.69) is 18.8 Å². The minimum atomic E-state index is 0.109. The topological polar surface area (TPSA) is 59.1 Å². The third-order valence-electron chi connectivity index (χ3n) is 1.49. The van der Waals surface area contributed by atoms with Gasteiger partial charge in [0.15, 0.2) is 0 Å². The summed E-state index contributed by atoms with van der Waals surface area (Å²) in [6.45, 7) is 4.63. The first-order valence-electron chi connectivity index (χ1n) is 4.01. The predicted octanol–water partition coefficient (Wildman–Crippen LogP) is 1.51. The van der Waals surface area contributed by atoms with Gasteiger partial charge in [0.05, 0.1) is 9.88 Å². The van der Waals surface area contributed by atoms with E-state index in [0.29, 0.717) is 12.5 Å². The SMILES string of the molecule is CC(C)Cc1nc(O)c(CN)s1. The molecule has 0 atom stereocenters. The second-order valence-electron chi connectivity index (χ2n) is 3.16. The Balaban J connectivity index is 2.75. The zero-order valence-corrected chi connectivity index (χ0v) is 8.19. The van der Waals surface area contributed by atoms with Gasteiger partial charge in [-0.1, -0.05) is 13.8 Å². The van der Waals surface area contributed by atoms with Crippen molar-refractivity contribution in [1.82, 2.24) is 4.98 Å². The molecule has 0 fully saturated rings. The highest BCUT2D eigenvalue weighted by Gasteiger charge is 2.09. The maximum absolute atomic E-state index is 9.26. The first kappa shape index (κ1) is 9.48. The van der Waals surface area contributed by atoms with Gasteiger partial charge in [-0.3, -0.25) is 0 Å². The van der Waals surface area contributed by atoms with E-state index in [4.69, 9.17) is 5.73 Å². The zero-order valence-electron chi connectivity index (χ0n) is 7.37. The number of aromatic nitrogens is 1. The van der Waals surface area contributed by atoms with Gasteiger partial charge in [-0.05, 0) is 5.92 Å². The van der Waals surface area contributed by atoms with Crippen LogP contribution in [0.5, 0.6) is 5.88 Å². The standard InChI is InChI=1S/C8H14N2OS/c1-5(2)3-7-10-8(11)6(4-9)12-7/h5,11H,3-4,9H2,1-2H3. The molecular formula is C8H14N2OS. The second kappa shape index (κ2) is 3.87. The van der Waals surface area contributed by atoms with Crippen LogP contribution in [0.3, 0.4) is 0 Å². The molecule has 1 aromatic rings. The lowest BCUT2D eigenvalue weighted by molar-refractivity contribution is 0.449. The molecule has 0 aromatic carbocycles. The van der Waals surface area contributed by atoms with Crippen LogP contribution in [0.1, 0.15) is 23.7 Å². The molecule has 12 heavy (non-hydrogen) atoms. The highest BCUT2D eigenvalue weighted by Crippen LogP contribution is 2.24. The molecule has 68 valence electrons. The van der Waals surface area contributed by atoms with Crippen molar-refractivity contribution in [3.8, 4) is 5.88 Å². The maximum Gasteiger partial charge on any atom is 0.226 e. The van der Waals surface area contributed by atoms with Gasteiger partial charge < -0.3 is 10.8 Å². The summed E-state index contributed by atoms with van der Waals surface area (Å²) in [5.74, 6) is 0.680. The summed E-state index contributed by atoms with van der Waals surface area (Å²) in [5, 5.41) is 10.2. The molecule has 0 unspecified atom stereocenters. The first-order valence-corrected chi connectivity index (χ1v) is 4.82. The van der Waals surface area contributed by atoms with Crippen molar-refractivity contribution in [2.24, 2.45) is 11.7 Å². The Kier molecular flexibility index (Phi) is 3.05. The first-order chi connectivity index (χ1) is 5.63. The molecule has 0 saturated carbocycles. The van der Waals surface area contributed by atoms with E-state index in [1.54, 1.807) is 0 Å². The summed E-state index contributed by atoms with van der Waals surface area (Å²) in [6.07, 6.45) is 0.915. The van der Waals surface area contributed by atoms with Gasteiger partial charge in [0.1, 0.15) is 0 Å². The molecule has 1 heterocycles. The van der Waals surface area contributed by atoms with E-state index >= 15 is 0 Å². The fourth-order valence-corrected chi connectivity index (χ4v) is 2.01. The van der Waals surface area contributed by atoms with Crippen molar-refractivity contribution in [3.05, 3.63) is 9.88 Å². The van der Waals surface area contributed by atoms with Crippen LogP contribution in [0.25, 0.3) is 0 Å². The van der Waals surface area contributed by atoms with Crippen LogP contribution >= 0.6 is 11.3 Å². The molecule has 4 heteroatoms. The minimum absolute atomic E-state index is 0.109. The van der Waals surface area contributed by atoms with Crippen LogP contribution < -0.4 is 5.73 Å². The van der Waals surface area contributed by atoms with E-state index in [1.165, 1.54) is 11.3 Å². The van der Waals surface area contributed by atoms with Gasteiger partial charge in [-0.15, -0.1) is 11.3 Å². The normalized spacial score (nSPS) is 11.0. The second-order valence-corrected chi connectivity index (χ2v) is 4.32. The van der Waals surface area contributed by atoms with Gasteiger partial charge in [0, 0.05) is 13.0 Å². The lowest BCUT2D eigenvalue weighted by Gasteiger charge is -1.97. The van der Waals surface area contributed by atoms with Crippen LogP contribution in [0.15, 0.2) is 0 Å². The Morgan fingerprint density at radius 3 is 2.67 bits per heavy atom. The smallest absolute Gasteiger partial charge is 0.226 e. The summed E-state index contributed by atoms with van der Waals surface area (Å²) < 4.78 is 0. The van der Waals surface area contributed by atoms with E-state index in [0.717, 1.165) is 16.3 Å². The van der Waals surface area contributed by atoms with E-state index in [1.807, 2.05) is 0 Å². The van der Waals surface area contributed by atoms with Gasteiger partial charge in [0.2, 0.25) is 5.88 Å². The third-order valence-corrected chi connectivity index (χ3v) is 2.58. The van der Waals surface area contributed by atoms with Crippen molar-refractivity contribution in [3.63, 3.8) is 0 Å². The largest absolute Gasteiger partial charge is 0.492 e. The molecule has 0 bridgehead atoms. The van der Waals surface area contributed by atoms with Gasteiger partial charge in [-0.25, -0.2) is 4.98 Å². The van der Waals surface area contributed by atoms with Gasteiger partial charge in [0.25, 0.3) is 0 Å². The fourth-order valence-electron chi connectivity index (χ4n) is 0.961. The number of hydrogen-bond acceptors (Lipinski definition) is 4. The van der Waals surface area contributed by atoms with Crippen molar-refractivity contribution < 1.29 is 5.11 Å². The fraction of sp³-hybridized carbons (Fsp3) is 0.625. The molecule has 0 radical (unpaired) electrons. The van der Waals surface area contributed by atoms with Crippen molar-refractivity contribution in [2.75, 3.05) is 0 Å². The summed E-state index contributed by atoms with van der Waals surface area (Å²) in [7, 11) is 0. The molecule has 1 rings (SSSR count). The number of aromatic hydroxyl groups is 1. The number of nitrogens with two attached hydrogens (primary N) is 1. The van der Waals surface area contributed by atoms with Crippen LogP contribution in [0, 0.1) is 5.92 Å². The Labute approximate surface area is 76.3 Å². The van der Waals surface area contributed by atoms with Crippen molar-refractivity contribution in [1.29, 1.82) is 0 Å². The molecular weight excluding hydrogens is 172 g/mol. The molecule has 0 aliphatic carbocycles. The van der Waals surface area contributed by atoms with Gasteiger partial charge in [-0.2, -0.15) is 0 Å². The molecule has 0 aliphatic heterocycles. The predicted molar refractivity (Wildman–Crippen MR) is 50.2 cm³/mol. The summed E-state index contributed by atoms with van der Waals surface area (Å²) in [4.78, 5) is 4.80. The highest BCUT2D eigenvalue weighted by atomic mass is 32.1. The number of thiazole rings is 1. The molecule has 0 spiro atoms. The van der Waals surface area contributed by atoms with Crippen LogP contribution in [0.4, 0.5) is 0 Å². The lowest BCUT2D eigenvalue weighted by Crippen LogP contribution is -1.92. The molecule has 0 amide bonds. The Morgan fingerprint density at radius 1 is 1.58 bits per heavy atom. The summed E-state index contributed by atoms with van der Waals surface area (Å²) in [5.41, 5.74) is 5.41. The van der Waals surface area contributed by atoms with E-state index < -0.39 is 0 Å². The monoisotopic (exact) mass is 186 g/mol. The molecule has 0 aliphatic rings. The van der Waals surface area contributed by atoms with E-state index in [9.17, 15) is 5.11 Å². The Bertz CT molecular complexity index is 258. The molecule has 3 N–H and O–H groups in total. The molecule has 3 nitrogen and oxygen atoms in total. The van der Waals surface area contributed by atoms with Gasteiger partial charge >= 0.3 is 0 Å². The quantitative estimate of drug-likeness (QED) is 0.752. The van der Waals surface area contributed by atoms with Crippen LogP contribution in [-0.2, 0) is 13.0 Å². The third kappa shape index (κ3) is 2.19. The average Bonchev–Trinajstić information content (AvgIpc) is 2.29. The molecule has 1 aromatic heterocycles. The summed E-state index contributed by atoms with van der Waals surface area (Å²) >= 11 is 1.50. The Hall–Kier alpha value is -0.610. The molecule has 0 saturated heterocycles. The van der Waals surface area contributed by atoms with Crippen LogP contribution in [0.2, 0.25) is 0 Å². The summed E-state index contributed by atoms with van der Waals surface area (Å²) in [6, 6.07) is 0. The number of hydrogen-bond donors (Lipinski definition) is 2. The Morgan fingerprint density at radius 2 is 2.25 bits per heavy atom. The average molecular weight is 186 g/mol. The van der Waals surface area contributed by atoms with Crippen molar-refractivity contribution >= 4 is 11.3 Å². The van der Waals surface area contributed by atoms with Crippen LogP contribution in [-0.4, -0.2) is 10.1 Å². The van der Waals surface area contributed by atoms with Crippen molar-refractivity contribution in [2.45, 2.75) is 26.8 Å². The number of nitrogens with zero attached hydrogens (tertiary/aromatic N) is 1. The minimum Gasteiger partial charge on any atom is -0.492 e. The van der Waals surface area contributed by atoms with E-state index in [-0.39, 0.29) is 5.88 Å². The number of rotatable bonds is 3.